The number of hydrogen-bond donors (Lipinski definition) is 5. The molecular weight excluding hydrogens is 937 g/mol. The van der Waals surface area contributed by atoms with Crippen LogP contribution in [0.3, 0.4) is 0 Å². The zero-order chi connectivity index (χ0) is 54.3. The lowest BCUT2D eigenvalue weighted by Crippen LogP contribution is -2.47. The Kier molecular flexibility index (Phi) is 37.6. The molecule has 0 unspecified atom stereocenters. The van der Waals surface area contributed by atoms with E-state index in [0.29, 0.717) is 12.8 Å². The number of carbonyl (C=O) groups is 8. The smallest absolute Gasteiger partial charge is 0.329 e. The summed E-state index contributed by atoms with van der Waals surface area (Å²) in [6.45, 7) is 16.7. The van der Waals surface area contributed by atoms with Gasteiger partial charge in [-0.25, -0.2) is 14.4 Å². The minimum absolute atomic E-state index is 0.0648. The molecule has 0 fully saturated rings. The van der Waals surface area contributed by atoms with Crippen molar-refractivity contribution in [3.05, 3.63) is 0 Å². The number of nitrogens with one attached hydrogen (secondary N) is 4. The number of ether oxygens (including phenoxy) is 7. The SMILES string of the molecule is CC(C)(C)OC(=O)CCCCCCCCCCCCCCCCC(=O)N[C@H](CCC(=O)N[C@H](CCC(=O)NCCOCCOCC(=O)NCCOCCOCC(=O)O)C(=O)OC(C)(C)C)C(=O)OC(C)(C)C. The lowest BCUT2D eigenvalue weighted by molar-refractivity contribution is -0.160. The van der Waals surface area contributed by atoms with Crippen molar-refractivity contribution < 1.29 is 76.6 Å². The molecule has 0 aromatic rings. The van der Waals surface area contributed by atoms with Crippen molar-refractivity contribution in [3.8, 4) is 0 Å². The molecule has 2 atom stereocenters. The molecule has 0 aromatic heterocycles. The summed E-state index contributed by atoms with van der Waals surface area (Å²) >= 11 is 0. The predicted octanol–water partition coefficient (Wildman–Crippen LogP) is 6.17. The van der Waals surface area contributed by atoms with Gasteiger partial charge >= 0.3 is 23.9 Å². The van der Waals surface area contributed by atoms with Crippen LogP contribution in [-0.4, -0.2) is 147 Å². The van der Waals surface area contributed by atoms with Crippen LogP contribution in [0, 0.1) is 0 Å². The van der Waals surface area contributed by atoms with Crippen LogP contribution in [0.2, 0.25) is 0 Å². The van der Waals surface area contributed by atoms with Gasteiger partial charge in [-0.05, 0) is 88.0 Å². The van der Waals surface area contributed by atoms with Crippen LogP contribution in [0.1, 0.15) is 191 Å². The largest absolute Gasteiger partial charge is 0.480 e. The molecule has 72 heavy (non-hydrogen) atoms. The van der Waals surface area contributed by atoms with Gasteiger partial charge in [0.15, 0.2) is 0 Å². The van der Waals surface area contributed by atoms with Crippen LogP contribution in [0.15, 0.2) is 0 Å². The Morgan fingerprint density at radius 1 is 0.389 bits per heavy atom. The van der Waals surface area contributed by atoms with E-state index in [-0.39, 0.29) is 109 Å². The third kappa shape index (κ3) is 45.5. The number of esters is 3. The van der Waals surface area contributed by atoms with Crippen molar-refractivity contribution in [2.45, 2.75) is 220 Å². The summed E-state index contributed by atoms with van der Waals surface area (Å²) in [5.74, 6) is -4.20. The predicted molar refractivity (Wildman–Crippen MR) is 271 cm³/mol. The Balaban J connectivity index is 4.60. The minimum Gasteiger partial charge on any atom is -0.480 e. The van der Waals surface area contributed by atoms with Gasteiger partial charge in [0, 0.05) is 38.8 Å². The molecule has 5 N–H and O–H groups in total. The van der Waals surface area contributed by atoms with E-state index in [9.17, 15) is 38.4 Å². The Morgan fingerprint density at radius 3 is 1.15 bits per heavy atom. The number of carbonyl (C=O) groups excluding carboxylic acids is 7. The monoisotopic (exact) mass is 1030 g/mol. The van der Waals surface area contributed by atoms with Crippen LogP contribution in [-0.2, 0) is 71.5 Å². The van der Waals surface area contributed by atoms with E-state index in [1.807, 2.05) is 20.8 Å². The summed E-state index contributed by atoms with van der Waals surface area (Å²) in [6.07, 6.45) is 15.4. The minimum atomic E-state index is -1.16. The molecule has 0 heterocycles. The second kappa shape index (κ2) is 40.0. The van der Waals surface area contributed by atoms with Gasteiger partial charge in [0.05, 0.1) is 39.6 Å². The van der Waals surface area contributed by atoms with E-state index in [1.54, 1.807) is 41.5 Å². The maximum Gasteiger partial charge on any atom is 0.329 e. The Labute approximate surface area is 429 Å². The molecule has 0 aliphatic heterocycles. The molecule has 20 nitrogen and oxygen atoms in total. The number of carboxylic acid groups (broad SMARTS) is 1. The van der Waals surface area contributed by atoms with Gasteiger partial charge in [-0.3, -0.25) is 24.0 Å². The summed E-state index contributed by atoms with van der Waals surface area (Å²) < 4.78 is 37.2. The zero-order valence-corrected chi connectivity index (χ0v) is 45.4. The summed E-state index contributed by atoms with van der Waals surface area (Å²) in [5.41, 5.74) is -2.13. The average molecular weight is 1030 g/mol. The molecule has 4 amide bonds. The van der Waals surface area contributed by atoms with Gasteiger partial charge in [-0.2, -0.15) is 0 Å². The Hall–Kier alpha value is -4.40. The number of unbranched alkanes of at least 4 members (excludes halogenated alkanes) is 13. The summed E-state index contributed by atoms with van der Waals surface area (Å²) in [6, 6.07) is -2.25. The number of amides is 4. The second-order valence-electron chi connectivity index (χ2n) is 20.8. The van der Waals surface area contributed by atoms with Crippen LogP contribution >= 0.6 is 0 Å². The van der Waals surface area contributed by atoms with E-state index < -0.39 is 65.2 Å². The molecule has 0 spiro atoms. The number of aliphatic carboxylic acids is 1. The van der Waals surface area contributed by atoms with Gasteiger partial charge in [0.1, 0.15) is 42.1 Å². The van der Waals surface area contributed by atoms with E-state index >= 15 is 0 Å². The van der Waals surface area contributed by atoms with Crippen molar-refractivity contribution in [2.24, 2.45) is 0 Å². The molecule has 0 bridgehead atoms. The highest BCUT2D eigenvalue weighted by atomic mass is 16.6. The number of carboxylic acids is 1. The highest BCUT2D eigenvalue weighted by molar-refractivity contribution is 5.87. The third-order valence-electron chi connectivity index (χ3n) is 10.2. The fourth-order valence-corrected chi connectivity index (χ4v) is 6.83. The van der Waals surface area contributed by atoms with E-state index in [1.165, 1.54) is 38.5 Å². The molecule has 0 rings (SSSR count). The van der Waals surface area contributed by atoms with E-state index in [2.05, 4.69) is 21.3 Å². The first kappa shape index (κ1) is 67.6. The quantitative estimate of drug-likeness (QED) is 0.0260. The van der Waals surface area contributed by atoms with Gasteiger partial charge in [-0.15, -0.1) is 0 Å². The fourth-order valence-electron chi connectivity index (χ4n) is 6.83. The number of rotatable bonds is 43. The van der Waals surface area contributed by atoms with Gasteiger partial charge < -0.3 is 59.5 Å². The van der Waals surface area contributed by atoms with E-state index in [4.69, 9.17) is 38.3 Å². The lowest BCUT2D eigenvalue weighted by atomic mass is 10.0. The zero-order valence-electron chi connectivity index (χ0n) is 45.4. The first-order valence-electron chi connectivity index (χ1n) is 26.2. The van der Waals surface area contributed by atoms with Crippen LogP contribution in [0.4, 0.5) is 0 Å². The fraction of sp³-hybridized carbons (Fsp3) is 0.846. The average Bonchev–Trinajstić information content (AvgIpc) is 3.26. The van der Waals surface area contributed by atoms with Crippen molar-refractivity contribution in [2.75, 3.05) is 65.9 Å². The number of hydrogen-bond acceptors (Lipinski definition) is 15. The second-order valence-corrected chi connectivity index (χ2v) is 20.8. The third-order valence-corrected chi connectivity index (χ3v) is 10.2. The first-order valence-corrected chi connectivity index (χ1v) is 26.2. The van der Waals surface area contributed by atoms with Gasteiger partial charge in [0.25, 0.3) is 0 Å². The molecule has 0 saturated heterocycles. The van der Waals surface area contributed by atoms with Crippen molar-refractivity contribution in [1.82, 2.24) is 21.3 Å². The maximum absolute atomic E-state index is 13.2. The van der Waals surface area contributed by atoms with Crippen LogP contribution in [0.25, 0.3) is 0 Å². The molecule has 418 valence electrons. The summed E-state index contributed by atoms with van der Waals surface area (Å²) in [4.78, 5) is 99.3. The summed E-state index contributed by atoms with van der Waals surface area (Å²) in [7, 11) is 0. The standard InChI is InChI=1S/C52H94N4O16/c1-50(2,3)70-47(63)25-23-21-19-17-15-13-11-10-12-14-16-18-20-22-24-43(58)55-41(49(65)72-52(7,8)9)27-29-44(59)56-40(48(64)71-51(4,5)6)26-28-42(57)53-30-32-66-34-36-68-38-45(60)54-31-33-67-35-37-69-39-46(61)62/h40-41H,10-39H2,1-9H3,(H,53,57)(H,54,60)(H,55,58)(H,56,59)(H,61,62)/t40-,41-/m1/s1. The molecule has 0 radical (unpaired) electrons. The Morgan fingerprint density at radius 2 is 0.736 bits per heavy atom. The normalized spacial score (nSPS) is 12.6. The highest BCUT2D eigenvalue weighted by Crippen LogP contribution is 2.17. The molecular formula is C52H94N4O16. The molecule has 0 aliphatic rings. The lowest BCUT2D eigenvalue weighted by Gasteiger charge is -2.26. The van der Waals surface area contributed by atoms with Crippen molar-refractivity contribution in [3.63, 3.8) is 0 Å². The topological polar surface area (TPSA) is 270 Å². The van der Waals surface area contributed by atoms with Crippen molar-refractivity contribution in [1.29, 1.82) is 0 Å². The molecule has 0 aliphatic carbocycles. The van der Waals surface area contributed by atoms with Gasteiger partial charge in [0.2, 0.25) is 23.6 Å². The van der Waals surface area contributed by atoms with Crippen LogP contribution < -0.4 is 21.3 Å². The van der Waals surface area contributed by atoms with Crippen molar-refractivity contribution >= 4 is 47.5 Å². The first-order chi connectivity index (χ1) is 33.9. The molecule has 0 aromatic carbocycles. The Bertz CT molecular complexity index is 1560. The highest BCUT2D eigenvalue weighted by Gasteiger charge is 2.30. The van der Waals surface area contributed by atoms with Gasteiger partial charge in [-0.1, -0.05) is 77.0 Å². The van der Waals surface area contributed by atoms with E-state index in [0.717, 1.165) is 44.9 Å². The summed E-state index contributed by atoms with van der Waals surface area (Å²) in [5, 5.41) is 19.2. The van der Waals surface area contributed by atoms with Crippen LogP contribution in [0.5, 0.6) is 0 Å². The molecule has 0 saturated carbocycles. The maximum atomic E-state index is 13.2. The molecule has 20 heteroatoms.